The lowest BCUT2D eigenvalue weighted by molar-refractivity contribution is -0.140. The summed E-state index contributed by atoms with van der Waals surface area (Å²) >= 11 is 1.13. The van der Waals surface area contributed by atoms with E-state index in [0.29, 0.717) is 31.5 Å². The van der Waals surface area contributed by atoms with Gasteiger partial charge in [0.25, 0.3) is 5.56 Å². The lowest BCUT2D eigenvalue weighted by Crippen LogP contribution is -2.30. The molecule has 1 aliphatic heterocycles. The second kappa shape index (κ2) is 10.6. The van der Waals surface area contributed by atoms with Gasteiger partial charge in [-0.1, -0.05) is 6.92 Å². The van der Waals surface area contributed by atoms with Crippen LogP contribution in [-0.4, -0.2) is 55.7 Å². The zero-order valence-electron chi connectivity index (χ0n) is 21.0. The first-order valence-electron chi connectivity index (χ1n) is 12.2. The number of anilines is 2. The smallest absolute Gasteiger partial charge is 0.406 e. The van der Waals surface area contributed by atoms with Gasteiger partial charge in [-0.05, 0) is 64.8 Å². The minimum Gasteiger partial charge on any atom is -0.489 e. The van der Waals surface area contributed by atoms with Crippen molar-refractivity contribution in [2.75, 3.05) is 24.2 Å². The zero-order valence-corrected chi connectivity index (χ0v) is 22.6. The van der Waals surface area contributed by atoms with Crippen molar-refractivity contribution in [1.82, 2.24) is 19.9 Å². The quantitative estimate of drug-likeness (QED) is 0.294. The molecule has 1 aliphatic rings. The summed E-state index contributed by atoms with van der Waals surface area (Å²) in [6.45, 7) is 1.91. The fourth-order valence-electron chi connectivity index (χ4n) is 4.21. The molecule has 0 aliphatic carbocycles. The molecule has 0 bridgehead atoms. The number of fused-ring (bicyclic) bond motifs is 1. The largest absolute Gasteiger partial charge is 0.489 e. The van der Waals surface area contributed by atoms with Gasteiger partial charge < -0.3 is 15.4 Å². The molecule has 39 heavy (non-hydrogen) atoms. The molecule has 5 rings (SSSR count). The number of benzene rings is 1. The number of pyridine rings is 1. The average Bonchev–Trinajstić information content (AvgIpc) is 3.59. The van der Waals surface area contributed by atoms with Crippen molar-refractivity contribution < 1.29 is 22.1 Å². The summed E-state index contributed by atoms with van der Waals surface area (Å²) in [5.41, 5.74) is -0.357. The molecule has 2 atom stereocenters. The summed E-state index contributed by atoms with van der Waals surface area (Å²) in [6.07, 6.45) is -2.26. The number of nitrogens with zero attached hydrogens (tertiary/aromatic N) is 3. The second-order valence-corrected chi connectivity index (χ2v) is 12.7. The maximum Gasteiger partial charge on any atom is 0.406 e. The van der Waals surface area contributed by atoms with Crippen molar-refractivity contribution in [1.29, 1.82) is 0 Å². The van der Waals surface area contributed by atoms with Gasteiger partial charge in [-0.25, -0.2) is 4.98 Å². The lowest BCUT2D eigenvalue weighted by Gasteiger charge is -2.15. The van der Waals surface area contributed by atoms with Crippen LogP contribution in [0.25, 0.3) is 21.5 Å². The number of alkyl halides is 3. The molecule has 2 N–H and O–H groups in total. The van der Waals surface area contributed by atoms with Crippen molar-refractivity contribution >= 4 is 49.4 Å². The van der Waals surface area contributed by atoms with Gasteiger partial charge in [-0.2, -0.15) is 18.2 Å². The highest BCUT2D eigenvalue weighted by Crippen LogP contribution is 2.31. The molecule has 4 heterocycles. The number of nitrogens with one attached hydrogen (secondary N) is 2. The van der Waals surface area contributed by atoms with Crippen molar-refractivity contribution in [3.8, 4) is 16.2 Å². The molecule has 0 radical (unpaired) electrons. The fourth-order valence-corrected chi connectivity index (χ4v) is 6.58. The van der Waals surface area contributed by atoms with Gasteiger partial charge in [0.15, 0.2) is 0 Å². The molecule has 8 nitrogen and oxygen atoms in total. The number of hydrogen-bond donors (Lipinski definition) is 2. The van der Waals surface area contributed by atoms with Crippen LogP contribution in [0.3, 0.4) is 0 Å². The van der Waals surface area contributed by atoms with Crippen LogP contribution in [0.1, 0.15) is 13.3 Å². The number of ether oxygens (including phenoxy) is 1. The lowest BCUT2D eigenvalue weighted by atomic mass is 10.2. The molecule has 3 aromatic heterocycles. The summed E-state index contributed by atoms with van der Waals surface area (Å²) in [6, 6.07) is 10.1. The Labute approximate surface area is 226 Å². The standard InChI is InChI=1S/C26H26F3N5O3S2/c1-3-39(2,36)20-11-22(38-14-20)21-10-16-12-31-25(33-23(16)34(24(21)35)15-26(27,28)29)32-17-4-6-18(7-5-17)37-19-8-9-30-13-19/h4-7,10-12,14,19,30H,2-3,8-9,13,15H2,1H3,(H,31,32,33). The third-order valence-corrected chi connectivity index (χ3v) is 9.47. The van der Waals surface area contributed by atoms with Crippen LogP contribution in [0.4, 0.5) is 24.8 Å². The monoisotopic (exact) mass is 577 g/mol. The highest BCUT2D eigenvalue weighted by molar-refractivity contribution is 8.00. The molecule has 0 amide bonds. The second-order valence-electron chi connectivity index (χ2n) is 9.17. The minimum absolute atomic E-state index is 0.0392. The van der Waals surface area contributed by atoms with Crippen LogP contribution in [0, 0.1) is 0 Å². The van der Waals surface area contributed by atoms with E-state index in [2.05, 4.69) is 26.5 Å². The number of rotatable bonds is 8. The Kier molecular flexibility index (Phi) is 7.40. The maximum atomic E-state index is 13.5. The predicted octanol–water partition coefficient (Wildman–Crippen LogP) is 4.66. The number of halogens is 3. The molecular weight excluding hydrogens is 551 g/mol. The first-order valence-corrected chi connectivity index (χ1v) is 15.0. The molecule has 1 aromatic carbocycles. The Morgan fingerprint density at radius 2 is 2.05 bits per heavy atom. The molecule has 1 fully saturated rings. The SMILES string of the molecule is C=S(=O)(CC)c1csc(-c2cc3cnc(Nc4ccc(OC5CCNC5)cc4)nc3n(CC(F)(F)F)c2=O)c1. The zero-order chi connectivity index (χ0) is 27.8. The highest BCUT2D eigenvalue weighted by Gasteiger charge is 2.30. The van der Waals surface area contributed by atoms with Gasteiger partial charge in [0.2, 0.25) is 5.95 Å². The van der Waals surface area contributed by atoms with E-state index < -0.39 is 27.8 Å². The van der Waals surface area contributed by atoms with Crippen LogP contribution >= 0.6 is 11.3 Å². The Balaban J connectivity index is 1.49. The van der Waals surface area contributed by atoms with E-state index in [0.717, 1.165) is 30.8 Å². The highest BCUT2D eigenvalue weighted by atomic mass is 32.2. The van der Waals surface area contributed by atoms with E-state index in [9.17, 15) is 22.2 Å². The summed E-state index contributed by atoms with van der Waals surface area (Å²) in [5.74, 6) is 4.78. The van der Waals surface area contributed by atoms with E-state index in [1.165, 1.54) is 12.3 Å². The van der Waals surface area contributed by atoms with Gasteiger partial charge >= 0.3 is 6.18 Å². The average molecular weight is 578 g/mol. The molecule has 206 valence electrons. The van der Waals surface area contributed by atoms with E-state index >= 15 is 0 Å². The molecule has 4 aromatic rings. The Morgan fingerprint density at radius 3 is 2.72 bits per heavy atom. The first kappa shape index (κ1) is 27.2. The number of thiophene rings is 1. The molecular formula is C26H26F3N5O3S2. The van der Waals surface area contributed by atoms with Crippen molar-refractivity contribution in [2.45, 2.75) is 37.1 Å². The normalized spacial score (nSPS) is 17.3. The number of aromatic nitrogens is 3. The molecule has 13 heteroatoms. The summed E-state index contributed by atoms with van der Waals surface area (Å²) in [4.78, 5) is 22.7. The Bertz CT molecular complexity index is 1660. The van der Waals surface area contributed by atoms with E-state index in [-0.39, 0.29) is 28.6 Å². The number of hydrogen-bond acceptors (Lipinski definition) is 8. The van der Waals surface area contributed by atoms with Gasteiger partial charge in [0.1, 0.15) is 24.0 Å². The van der Waals surface area contributed by atoms with Crippen LogP contribution in [0.5, 0.6) is 5.75 Å². The van der Waals surface area contributed by atoms with Gasteiger partial charge in [-0.15, -0.1) is 11.3 Å². The Morgan fingerprint density at radius 1 is 1.28 bits per heavy atom. The van der Waals surface area contributed by atoms with Crippen LogP contribution < -0.4 is 20.9 Å². The van der Waals surface area contributed by atoms with Gasteiger partial charge in [0.05, 0.1) is 5.56 Å². The summed E-state index contributed by atoms with van der Waals surface area (Å²) in [7, 11) is -2.55. The predicted molar refractivity (Wildman–Crippen MR) is 149 cm³/mol. The third kappa shape index (κ3) is 6.10. The topological polar surface area (TPSA) is 98.1 Å². The van der Waals surface area contributed by atoms with E-state index in [4.69, 9.17) is 4.74 Å². The van der Waals surface area contributed by atoms with Crippen LogP contribution in [0.2, 0.25) is 0 Å². The van der Waals surface area contributed by atoms with Crippen molar-refractivity contribution in [2.24, 2.45) is 0 Å². The van der Waals surface area contributed by atoms with Crippen molar-refractivity contribution in [3.05, 3.63) is 58.3 Å². The minimum atomic E-state index is -4.66. The first-order chi connectivity index (χ1) is 18.5. The third-order valence-electron chi connectivity index (χ3n) is 6.33. The van der Waals surface area contributed by atoms with Gasteiger partial charge in [-0.3, -0.25) is 13.6 Å². The van der Waals surface area contributed by atoms with Crippen molar-refractivity contribution in [3.63, 3.8) is 0 Å². The van der Waals surface area contributed by atoms with E-state index in [1.54, 1.807) is 42.6 Å². The van der Waals surface area contributed by atoms with E-state index in [1.807, 2.05) is 0 Å². The summed E-state index contributed by atoms with van der Waals surface area (Å²) in [5, 5.41) is 8.09. The van der Waals surface area contributed by atoms with Gasteiger partial charge in [0, 0.05) is 44.7 Å². The molecule has 2 unspecified atom stereocenters. The fraction of sp³-hybridized carbons (Fsp3) is 0.308. The van der Waals surface area contributed by atoms with Crippen LogP contribution in [-0.2, 0) is 16.1 Å². The van der Waals surface area contributed by atoms with Crippen LogP contribution in [0.15, 0.2) is 57.7 Å². The molecule has 0 spiro atoms. The maximum absolute atomic E-state index is 13.5. The molecule has 1 saturated heterocycles. The molecule has 0 saturated carbocycles. The Hall–Kier alpha value is -3.42. The summed E-state index contributed by atoms with van der Waals surface area (Å²) < 4.78 is 59.8.